The van der Waals surface area contributed by atoms with Crippen molar-refractivity contribution >= 4 is 0 Å². The van der Waals surface area contributed by atoms with Gasteiger partial charge in [0.1, 0.15) is 5.82 Å². The second-order valence-electron chi connectivity index (χ2n) is 6.29. The maximum Gasteiger partial charge on any atom is 0.130 e. The Morgan fingerprint density at radius 3 is 2.90 bits per heavy atom. The summed E-state index contributed by atoms with van der Waals surface area (Å²) >= 11 is 0. The molecule has 0 spiro atoms. The summed E-state index contributed by atoms with van der Waals surface area (Å²) in [5.41, 5.74) is 2.80. The van der Waals surface area contributed by atoms with Crippen LogP contribution < -0.4 is 5.32 Å². The van der Waals surface area contributed by atoms with Crippen molar-refractivity contribution in [3.8, 4) is 0 Å². The molecule has 1 unspecified atom stereocenters. The van der Waals surface area contributed by atoms with Gasteiger partial charge in [-0.1, -0.05) is 20.8 Å². The second kappa shape index (κ2) is 6.64. The van der Waals surface area contributed by atoms with Gasteiger partial charge in [-0.05, 0) is 31.7 Å². The van der Waals surface area contributed by atoms with Crippen LogP contribution in [0.4, 0.5) is 0 Å². The number of aromatic nitrogens is 2. The van der Waals surface area contributed by atoms with Crippen LogP contribution in [0.1, 0.15) is 57.2 Å². The Hall–Kier alpha value is -1.00. The van der Waals surface area contributed by atoms with Crippen LogP contribution in [-0.4, -0.2) is 29.7 Å². The van der Waals surface area contributed by atoms with Crippen molar-refractivity contribution in [3.05, 3.63) is 23.3 Å². The summed E-state index contributed by atoms with van der Waals surface area (Å²) < 4.78 is 5.39. The second-order valence-corrected chi connectivity index (χ2v) is 6.29. The smallest absolute Gasteiger partial charge is 0.130 e. The lowest BCUT2D eigenvalue weighted by Crippen LogP contribution is -2.34. The van der Waals surface area contributed by atoms with Crippen LogP contribution in [0.2, 0.25) is 0 Å². The summed E-state index contributed by atoms with van der Waals surface area (Å²) in [6, 6.07) is 0.389. The molecule has 4 heteroatoms. The first-order valence-corrected chi connectivity index (χ1v) is 7.71. The molecule has 0 saturated heterocycles. The summed E-state index contributed by atoms with van der Waals surface area (Å²) in [6.45, 7) is 11.2. The van der Waals surface area contributed by atoms with E-state index in [-0.39, 0.29) is 0 Å². The molecule has 0 aliphatic heterocycles. The highest BCUT2D eigenvalue weighted by Gasteiger charge is 2.33. The first-order valence-electron chi connectivity index (χ1n) is 7.71. The van der Waals surface area contributed by atoms with Gasteiger partial charge in [0.2, 0.25) is 0 Å². The highest BCUT2D eigenvalue weighted by Crippen LogP contribution is 2.39. The molecule has 1 aliphatic rings. The summed E-state index contributed by atoms with van der Waals surface area (Å²) in [4.78, 5) is 9.30. The van der Waals surface area contributed by atoms with Gasteiger partial charge in [-0.2, -0.15) is 0 Å². The van der Waals surface area contributed by atoms with Crippen molar-refractivity contribution in [1.29, 1.82) is 0 Å². The van der Waals surface area contributed by atoms with Gasteiger partial charge in [0.25, 0.3) is 0 Å². The SMILES string of the molecule is CCNC1CC(C)(C)Cc2nc(CCOCC)ncc21. The summed E-state index contributed by atoms with van der Waals surface area (Å²) in [6.07, 6.45) is 5.00. The van der Waals surface area contributed by atoms with E-state index in [1.165, 1.54) is 11.3 Å². The molecule has 0 fully saturated rings. The molecule has 1 aromatic heterocycles. The first-order chi connectivity index (χ1) is 9.55. The Labute approximate surface area is 122 Å². The maximum absolute atomic E-state index is 5.39. The van der Waals surface area contributed by atoms with Crippen molar-refractivity contribution in [2.24, 2.45) is 5.41 Å². The average Bonchev–Trinajstić information content (AvgIpc) is 2.37. The highest BCUT2D eigenvalue weighted by atomic mass is 16.5. The van der Waals surface area contributed by atoms with E-state index in [1.54, 1.807) is 0 Å². The van der Waals surface area contributed by atoms with Gasteiger partial charge in [-0.25, -0.2) is 9.97 Å². The van der Waals surface area contributed by atoms with Crippen LogP contribution in [-0.2, 0) is 17.6 Å². The van der Waals surface area contributed by atoms with Crippen molar-refractivity contribution in [1.82, 2.24) is 15.3 Å². The molecule has 0 radical (unpaired) electrons. The standard InChI is InChI=1S/C16H27N3O/c1-5-17-13-9-16(3,4)10-14-12(13)11-18-15(19-14)7-8-20-6-2/h11,13,17H,5-10H2,1-4H3. The van der Waals surface area contributed by atoms with E-state index >= 15 is 0 Å². The molecule has 1 N–H and O–H groups in total. The van der Waals surface area contributed by atoms with Crippen LogP contribution in [0.3, 0.4) is 0 Å². The molecule has 2 rings (SSSR count). The van der Waals surface area contributed by atoms with Gasteiger partial charge < -0.3 is 10.1 Å². The normalized spacial score (nSPS) is 20.7. The van der Waals surface area contributed by atoms with E-state index in [2.05, 4.69) is 31.1 Å². The van der Waals surface area contributed by atoms with Crippen molar-refractivity contribution in [2.45, 2.75) is 53.0 Å². The third-order valence-electron chi connectivity index (χ3n) is 3.85. The quantitative estimate of drug-likeness (QED) is 0.812. The van der Waals surface area contributed by atoms with Crippen molar-refractivity contribution in [3.63, 3.8) is 0 Å². The van der Waals surface area contributed by atoms with Gasteiger partial charge in [0.05, 0.1) is 6.61 Å². The number of hydrogen-bond donors (Lipinski definition) is 1. The molecule has 0 aromatic carbocycles. The topological polar surface area (TPSA) is 47.0 Å². The van der Waals surface area contributed by atoms with Crippen LogP contribution in [0.5, 0.6) is 0 Å². The molecule has 20 heavy (non-hydrogen) atoms. The van der Waals surface area contributed by atoms with Gasteiger partial charge >= 0.3 is 0 Å². The summed E-state index contributed by atoms with van der Waals surface area (Å²) in [7, 11) is 0. The molecule has 4 nitrogen and oxygen atoms in total. The van der Waals surface area contributed by atoms with Gasteiger partial charge in [-0.15, -0.1) is 0 Å². The summed E-state index contributed by atoms with van der Waals surface area (Å²) in [5.74, 6) is 0.908. The number of hydrogen-bond acceptors (Lipinski definition) is 4. The van der Waals surface area contributed by atoms with E-state index in [0.29, 0.717) is 18.1 Å². The number of ether oxygens (including phenoxy) is 1. The lowest BCUT2D eigenvalue weighted by molar-refractivity contribution is 0.149. The molecule has 1 aromatic rings. The van der Waals surface area contributed by atoms with E-state index in [9.17, 15) is 0 Å². The average molecular weight is 277 g/mol. The predicted octanol–water partition coefficient (Wildman–Crippen LogP) is 2.68. The number of nitrogens with zero attached hydrogens (tertiary/aromatic N) is 2. The molecule has 0 saturated carbocycles. The Balaban J connectivity index is 2.18. The zero-order chi connectivity index (χ0) is 14.6. The fraction of sp³-hybridized carbons (Fsp3) is 0.750. The molecular weight excluding hydrogens is 250 g/mol. The largest absolute Gasteiger partial charge is 0.381 e. The fourth-order valence-corrected chi connectivity index (χ4v) is 2.95. The number of fused-ring (bicyclic) bond motifs is 1. The lowest BCUT2D eigenvalue weighted by atomic mass is 9.74. The minimum Gasteiger partial charge on any atom is -0.381 e. The molecule has 1 atom stereocenters. The predicted molar refractivity (Wildman–Crippen MR) is 80.7 cm³/mol. The monoisotopic (exact) mass is 277 g/mol. The van der Waals surface area contributed by atoms with Crippen molar-refractivity contribution < 1.29 is 4.74 Å². The number of nitrogens with one attached hydrogen (secondary N) is 1. The van der Waals surface area contributed by atoms with Gasteiger partial charge in [0, 0.05) is 36.5 Å². The minimum atomic E-state index is 0.297. The van der Waals surface area contributed by atoms with Crippen molar-refractivity contribution in [2.75, 3.05) is 19.8 Å². The van der Waals surface area contributed by atoms with Gasteiger partial charge in [-0.3, -0.25) is 0 Å². The summed E-state index contributed by atoms with van der Waals surface area (Å²) in [5, 5.41) is 3.56. The van der Waals surface area contributed by atoms with Crippen LogP contribution in [0, 0.1) is 5.41 Å². The fourth-order valence-electron chi connectivity index (χ4n) is 2.95. The Morgan fingerprint density at radius 1 is 1.40 bits per heavy atom. The highest BCUT2D eigenvalue weighted by molar-refractivity contribution is 5.26. The molecule has 0 amide bonds. The third kappa shape index (κ3) is 3.76. The zero-order valence-corrected chi connectivity index (χ0v) is 13.2. The Morgan fingerprint density at radius 2 is 2.20 bits per heavy atom. The molecule has 1 aliphatic carbocycles. The van der Waals surface area contributed by atoms with Crippen LogP contribution >= 0.6 is 0 Å². The van der Waals surface area contributed by atoms with Crippen LogP contribution in [0.15, 0.2) is 6.20 Å². The van der Waals surface area contributed by atoms with Gasteiger partial charge in [0.15, 0.2) is 0 Å². The van der Waals surface area contributed by atoms with E-state index in [1.807, 2.05) is 13.1 Å². The first kappa shape index (κ1) is 15.4. The molecule has 1 heterocycles. The Kier molecular flexibility index (Phi) is 5.11. The maximum atomic E-state index is 5.39. The lowest BCUT2D eigenvalue weighted by Gasteiger charge is -2.36. The minimum absolute atomic E-state index is 0.297. The molecule has 0 bridgehead atoms. The number of rotatable bonds is 6. The third-order valence-corrected chi connectivity index (χ3v) is 3.85. The molecular formula is C16H27N3O. The van der Waals surface area contributed by atoms with Crippen LogP contribution in [0.25, 0.3) is 0 Å². The Bertz CT molecular complexity index is 445. The van der Waals surface area contributed by atoms with E-state index in [0.717, 1.165) is 38.2 Å². The van der Waals surface area contributed by atoms with E-state index < -0.39 is 0 Å². The van der Waals surface area contributed by atoms with E-state index in [4.69, 9.17) is 9.72 Å². The molecule has 112 valence electrons. The zero-order valence-electron chi connectivity index (χ0n) is 13.2.